The van der Waals surface area contributed by atoms with Crippen LogP contribution < -0.4 is 5.32 Å². The van der Waals surface area contributed by atoms with Crippen molar-refractivity contribution in [3.8, 4) is 11.5 Å². The molecule has 23 heavy (non-hydrogen) atoms. The number of sulfonamides is 1. The molecule has 1 spiro atoms. The summed E-state index contributed by atoms with van der Waals surface area (Å²) in [4.78, 5) is 0. The molecule has 0 saturated carbocycles. The van der Waals surface area contributed by atoms with Gasteiger partial charge < -0.3 is 14.3 Å². The molecule has 4 heterocycles. The Hall–Kier alpha value is -1.64. The Bertz CT molecular complexity index is 776. The molecule has 0 aliphatic carbocycles. The van der Waals surface area contributed by atoms with Gasteiger partial charge in [-0.25, -0.2) is 8.42 Å². The minimum absolute atomic E-state index is 0.0353. The van der Waals surface area contributed by atoms with Gasteiger partial charge in [0.15, 0.2) is 5.76 Å². The van der Waals surface area contributed by atoms with Crippen LogP contribution in [0.4, 0.5) is 0 Å². The molecule has 2 fully saturated rings. The van der Waals surface area contributed by atoms with Crippen LogP contribution in [0.1, 0.15) is 19.3 Å². The molecule has 2 saturated heterocycles. The third kappa shape index (κ3) is 2.60. The van der Waals surface area contributed by atoms with Crippen molar-refractivity contribution < 1.29 is 17.4 Å². The Morgan fingerprint density at radius 1 is 1.22 bits per heavy atom. The standard InChI is InChI=1S/C15H19N3O4S/c19-23(20,14-3-2-12(21-14)13-4-7-17-22-13)18-9-1-5-15(11-18)6-8-16-10-15/h2-4,7,16H,1,5-6,8-11H2/t15-/m1/s1. The second-order valence-corrected chi connectivity index (χ2v) is 8.23. The number of furan rings is 1. The van der Waals surface area contributed by atoms with Gasteiger partial charge in [0.2, 0.25) is 10.9 Å². The quantitative estimate of drug-likeness (QED) is 0.917. The molecule has 2 aliphatic rings. The minimum Gasteiger partial charge on any atom is -0.440 e. The maximum Gasteiger partial charge on any atom is 0.276 e. The van der Waals surface area contributed by atoms with Crippen LogP contribution in [0.5, 0.6) is 0 Å². The molecule has 0 bridgehead atoms. The number of rotatable bonds is 3. The topological polar surface area (TPSA) is 88.6 Å². The maximum atomic E-state index is 12.9. The van der Waals surface area contributed by atoms with Crippen LogP contribution in [0.3, 0.4) is 0 Å². The van der Waals surface area contributed by atoms with E-state index in [9.17, 15) is 8.42 Å². The average Bonchev–Trinajstić information content (AvgIpc) is 3.28. The van der Waals surface area contributed by atoms with Gasteiger partial charge in [0.05, 0.1) is 6.20 Å². The second-order valence-electron chi connectivity index (χ2n) is 6.36. The van der Waals surface area contributed by atoms with Crippen molar-refractivity contribution in [2.24, 2.45) is 5.41 Å². The molecule has 7 nitrogen and oxygen atoms in total. The summed E-state index contributed by atoms with van der Waals surface area (Å²) in [6.07, 6.45) is 4.48. The Kier molecular flexibility index (Phi) is 3.55. The molecule has 1 atom stereocenters. The molecule has 8 heteroatoms. The van der Waals surface area contributed by atoms with E-state index >= 15 is 0 Å². The molecule has 0 aromatic carbocycles. The largest absolute Gasteiger partial charge is 0.440 e. The Morgan fingerprint density at radius 2 is 2.13 bits per heavy atom. The first-order valence-corrected chi connectivity index (χ1v) is 9.25. The van der Waals surface area contributed by atoms with E-state index < -0.39 is 10.0 Å². The van der Waals surface area contributed by atoms with Gasteiger partial charge in [0, 0.05) is 25.7 Å². The van der Waals surface area contributed by atoms with Crippen molar-refractivity contribution in [3.63, 3.8) is 0 Å². The van der Waals surface area contributed by atoms with Crippen LogP contribution in [0.25, 0.3) is 11.5 Å². The van der Waals surface area contributed by atoms with Crippen LogP contribution >= 0.6 is 0 Å². The predicted molar refractivity (Wildman–Crippen MR) is 82.1 cm³/mol. The highest BCUT2D eigenvalue weighted by Gasteiger charge is 2.42. The minimum atomic E-state index is -3.62. The molecule has 1 N–H and O–H groups in total. The number of nitrogens with one attached hydrogen (secondary N) is 1. The van der Waals surface area contributed by atoms with Gasteiger partial charge in [-0.05, 0) is 43.4 Å². The lowest BCUT2D eigenvalue weighted by Crippen LogP contribution is -2.46. The Morgan fingerprint density at radius 3 is 2.87 bits per heavy atom. The van der Waals surface area contributed by atoms with Crippen LogP contribution in [0.2, 0.25) is 0 Å². The number of aromatic nitrogens is 1. The van der Waals surface area contributed by atoms with Gasteiger partial charge in [-0.1, -0.05) is 5.16 Å². The highest BCUT2D eigenvalue weighted by atomic mass is 32.2. The van der Waals surface area contributed by atoms with Crippen molar-refractivity contribution in [2.45, 2.75) is 24.4 Å². The van der Waals surface area contributed by atoms with Crippen molar-refractivity contribution in [2.75, 3.05) is 26.2 Å². The van der Waals surface area contributed by atoms with Gasteiger partial charge >= 0.3 is 0 Å². The zero-order chi connectivity index (χ0) is 15.9. The predicted octanol–water partition coefficient (Wildman–Crippen LogP) is 1.70. The van der Waals surface area contributed by atoms with Gasteiger partial charge in [-0.15, -0.1) is 0 Å². The lowest BCUT2D eigenvalue weighted by atomic mass is 9.80. The summed E-state index contributed by atoms with van der Waals surface area (Å²) < 4.78 is 37.8. The van der Waals surface area contributed by atoms with Crippen molar-refractivity contribution in [1.82, 2.24) is 14.8 Å². The van der Waals surface area contributed by atoms with E-state index in [2.05, 4.69) is 10.5 Å². The van der Waals surface area contributed by atoms with E-state index in [1.54, 1.807) is 16.4 Å². The van der Waals surface area contributed by atoms with Crippen LogP contribution in [0, 0.1) is 5.41 Å². The monoisotopic (exact) mass is 337 g/mol. The van der Waals surface area contributed by atoms with Gasteiger partial charge in [-0.3, -0.25) is 0 Å². The fraction of sp³-hybridized carbons (Fsp3) is 0.533. The molecule has 0 unspecified atom stereocenters. The van der Waals surface area contributed by atoms with E-state index in [-0.39, 0.29) is 10.5 Å². The van der Waals surface area contributed by atoms with E-state index in [0.29, 0.717) is 24.6 Å². The van der Waals surface area contributed by atoms with Crippen LogP contribution in [-0.2, 0) is 10.0 Å². The van der Waals surface area contributed by atoms with E-state index in [1.807, 2.05) is 0 Å². The summed E-state index contributed by atoms with van der Waals surface area (Å²) in [5.74, 6) is 0.789. The van der Waals surface area contributed by atoms with Crippen molar-refractivity contribution >= 4 is 10.0 Å². The van der Waals surface area contributed by atoms with E-state index in [4.69, 9.17) is 8.94 Å². The van der Waals surface area contributed by atoms with Gasteiger partial charge in [0.1, 0.15) is 0 Å². The highest BCUT2D eigenvalue weighted by molar-refractivity contribution is 7.89. The summed E-state index contributed by atoms with van der Waals surface area (Å²) in [5.41, 5.74) is 0.0751. The number of hydrogen-bond acceptors (Lipinski definition) is 6. The normalized spacial score (nSPS) is 26.1. The second kappa shape index (κ2) is 5.47. The van der Waals surface area contributed by atoms with E-state index in [0.717, 1.165) is 32.4 Å². The first-order chi connectivity index (χ1) is 11.1. The summed E-state index contributed by atoms with van der Waals surface area (Å²) in [7, 11) is -3.62. The first-order valence-electron chi connectivity index (χ1n) is 7.81. The SMILES string of the molecule is O=S(=O)(c1ccc(-c2ccno2)o1)N1CCC[C@]2(CCNC2)C1. The Labute approximate surface area is 134 Å². The third-order valence-electron chi connectivity index (χ3n) is 4.81. The molecule has 2 aliphatic heterocycles. The smallest absolute Gasteiger partial charge is 0.276 e. The average molecular weight is 337 g/mol. The fourth-order valence-electron chi connectivity index (χ4n) is 3.57. The zero-order valence-electron chi connectivity index (χ0n) is 12.7. The number of piperidine rings is 1. The zero-order valence-corrected chi connectivity index (χ0v) is 13.5. The van der Waals surface area contributed by atoms with Crippen LogP contribution in [-0.4, -0.2) is 44.1 Å². The lowest BCUT2D eigenvalue weighted by Gasteiger charge is -2.38. The van der Waals surface area contributed by atoms with Gasteiger partial charge in [0.25, 0.3) is 10.0 Å². The molecular formula is C15H19N3O4S. The number of hydrogen-bond donors (Lipinski definition) is 1. The van der Waals surface area contributed by atoms with Gasteiger partial charge in [-0.2, -0.15) is 4.31 Å². The van der Waals surface area contributed by atoms with Crippen molar-refractivity contribution in [1.29, 1.82) is 0 Å². The van der Waals surface area contributed by atoms with Crippen LogP contribution in [0.15, 0.2) is 38.4 Å². The fourth-order valence-corrected chi connectivity index (χ4v) is 5.08. The van der Waals surface area contributed by atoms with Crippen molar-refractivity contribution in [3.05, 3.63) is 24.4 Å². The molecule has 2 aromatic heterocycles. The summed E-state index contributed by atoms with van der Waals surface area (Å²) in [6, 6.07) is 4.72. The Balaban J connectivity index is 1.60. The molecule has 4 rings (SSSR count). The summed E-state index contributed by atoms with van der Waals surface area (Å²) in [5, 5.41) is 6.92. The third-order valence-corrected chi connectivity index (χ3v) is 6.53. The first kappa shape index (κ1) is 14.9. The highest BCUT2D eigenvalue weighted by Crippen LogP contribution is 2.38. The molecule has 2 aromatic rings. The summed E-state index contributed by atoms with van der Waals surface area (Å²) in [6.45, 7) is 2.95. The number of nitrogens with zero attached hydrogens (tertiary/aromatic N) is 2. The summed E-state index contributed by atoms with van der Waals surface area (Å²) >= 11 is 0. The van der Waals surface area contributed by atoms with E-state index in [1.165, 1.54) is 12.3 Å². The molecule has 0 amide bonds. The maximum absolute atomic E-state index is 12.9. The molecule has 0 radical (unpaired) electrons. The molecule has 124 valence electrons. The lowest BCUT2D eigenvalue weighted by molar-refractivity contribution is 0.165. The molecular weight excluding hydrogens is 318 g/mol.